The third-order valence-electron chi connectivity index (χ3n) is 2.57. The predicted octanol–water partition coefficient (Wildman–Crippen LogP) is 3.29. The first-order valence-corrected chi connectivity index (χ1v) is 6.40. The second-order valence-electron chi connectivity index (χ2n) is 3.90. The Bertz CT molecular complexity index is 600. The number of amides is 1. The summed E-state index contributed by atoms with van der Waals surface area (Å²) in [6, 6.07) is 12.3. The number of nitrogens with two attached hydrogens (primary N) is 1. The van der Waals surface area contributed by atoms with Crippen LogP contribution in [-0.2, 0) is 0 Å². The number of carbonyl (C=O) groups is 1. The molecule has 2 aromatic rings. The highest BCUT2D eigenvalue weighted by Crippen LogP contribution is 2.35. The summed E-state index contributed by atoms with van der Waals surface area (Å²) in [6.07, 6.45) is 0. The van der Waals surface area contributed by atoms with Gasteiger partial charge in [-0.05, 0) is 34.1 Å². The van der Waals surface area contributed by atoms with E-state index in [2.05, 4.69) is 21.2 Å². The largest absolute Gasteiger partial charge is 0.494 e. The van der Waals surface area contributed by atoms with Crippen LogP contribution in [0.3, 0.4) is 0 Å². The van der Waals surface area contributed by atoms with Gasteiger partial charge in [0.1, 0.15) is 5.75 Å². The molecule has 0 aliphatic rings. The van der Waals surface area contributed by atoms with E-state index in [0.29, 0.717) is 27.2 Å². The maximum atomic E-state index is 12.1. The van der Waals surface area contributed by atoms with Crippen molar-refractivity contribution in [2.45, 2.75) is 0 Å². The van der Waals surface area contributed by atoms with Crippen LogP contribution >= 0.6 is 15.9 Å². The van der Waals surface area contributed by atoms with Gasteiger partial charge < -0.3 is 15.8 Å². The molecule has 2 aromatic carbocycles. The Hall–Kier alpha value is -2.01. The lowest BCUT2D eigenvalue weighted by Gasteiger charge is -2.13. The summed E-state index contributed by atoms with van der Waals surface area (Å²) in [7, 11) is 1.53. The number of carbonyl (C=O) groups excluding carboxylic acids is 1. The van der Waals surface area contributed by atoms with Gasteiger partial charge in [-0.25, -0.2) is 0 Å². The van der Waals surface area contributed by atoms with E-state index in [1.807, 2.05) is 18.2 Å². The van der Waals surface area contributed by atoms with Gasteiger partial charge in [0, 0.05) is 21.8 Å². The molecule has 0 fully saturated rings. The van der Waals surface area contributed by atoms with Crippen molar-refractivity contribution in [3.8, 4) is 5.75 Å². The highest BCUT2D eigenvalue weighted by Gasteiger charge is 2.13. The maximum Gasteiger partial charge on any atom is 0.255 e. The first-order valence-electron chi connectivity index (χ1n) is 5.61. The molecule has 4 nitrogen and oxygen atoms in total. The molecular weight excluding hydrogens is 308 g/mol. The molecule has 2 rings (SSSR count). The molecule has 3 N–H and O–H groups in total. The summed E-state index contributed by atoms with van der Waals surface area (Å²) < 4.78 is 5.89. The van der Waals surface area contributed by atoms with E-state index >= 15 is 0 Å². The van der Waals surface area contributed by atoms with Gasteiger partial charge in [0.15, 0.2) is 0 Å². The van der Waals surface area contributed by atoms with E-state index < -0.39 is 0 Å². The van der Waals surface area contributed by atoms with Crippen LogP contribution in [0.15, 0.2) is 46.9 Å². The molecule has 0 unspecified atom stereocenters. The second kappa shape index (κ2) is 5.75. The van der Waals surface area contributed by atoms with Crippen molar-refractivity contribution >= 4 is 33.2 Å². The van der Waals surface area contributed by atoms with Crippen molar-refractivity contribution < 1.29 is 9.53 Å². The SMILES string of the molecule is COc1cc(N)cc(Br)c1NC(=O)c1ccccc1. The quantitative estimate of drug-likeness (QED) is 0.853. The molecule has 0 saturated carbocycles. The molecular formula is C14H13BrN2O2. The first kappa shape index (κ1) is 13.4. The summed E-state index contributed by atoms with van der Waals surface area (Å²) in [4.78, 5) is 12.1. The molecule has 5 heteroatoms. The third-order valence-corrected chi connectivity index (χ3v) is 3.20. The molecule has 0 bridgehead atoms. The molecule has 0 aliphatic heterocycles. The average Bonchev–Trinajstić information content (AvgIpc) is 2.42. The maximum absolute atomic E-state index is 12.1. The fourth-order valence-electron chi connectivity index (χ4n) is 1.66. The lowest BCUT2D eigenvalue weighted by atomic mass is 10.2. The molecule has 19 heavy (non-hydrogen) atoms. The zero-order chi connectivity index (χ0) is 13.8. The standard InChI is InChI=1S/C14H13BrN2O2/c1-19-12-8-10(16)7-11(15)13(12)17-14(18)9-5-3-2-4-6-9/h2-8H,16H2,1H3,(H,17,18). The normalized spacial score (nSPS) is 10.0. The van der Waals surface area contributed by atoms with Gasteiger partial charge in [-0.1, -0.05) is 18.2 Å². The lowest BCUT2D eigenvalue weighted by Crippen LogP contribution is -2.13. The van der Waals surface area contributed by atoms with Gasteiger partial charge in [-0.2, -0.15) is 0 Å². The van der Waals surface area contributed by atoms with Gasteiger partial charge in [0.25, 0.3) is 5.91 Å². The molecule has 0 spiro atoms. The number of halogens is 1. The molecule has 0 atom stereocenters. The fraction of sp³-hybridized carbons (Fsp3) is 0.0714. The minimum Gasteiger partial charge on any atom is -0.494 e. The first-order chi connectivity index (χ1) is 9.11. The zero-order valence-electron chi connectivity index (χ0n) is 10.3. The van der Waals surface area contributed by atoms with Crippen molar-refractivity contribution in [2.75, 3.05) is 18.2 Å². The number of rotatable bonds is 3. The summed E-state index contributed by atoms with van der Waals surface area (Å²) in [5, 5.41) is 2.81. The fourth-order valence-corrected chi connectivity index (χ4v) is 2.22. The van der Waals surface area contributed by atoms with Gasteiger partial charge in [0.2, 0.25) is 0 Å². The summed E-state index contributed by atoms with van der Waals surface area (Å²) in [5.74, 6) is 0.306. The number of methoxy groups -OCH3 is 1. The van der Waals surface area contributed by atoms with Crippen molar-refractivity contribution in [1.29, 1.82) is 0 Å². The van der Waals surface area contributed by atoms with E-state index in [1.54, 1.807) is 24.3 Å². The van der Waals surface area contributed by atoms with Crippen LogP contribution in [0.1, 0.15) is 10.4 Å². The number of ether oxygens (including phenoxy) is 1. The zero-order valence-corrected chi connectivity index (χ0v) is 11.9. The van der Waals surface area contributed by atoms with Crippen molar-refractivity contribution in [1.82, 2.24) is 0 Å². The summed E-state index contributed by atoms with van der Waals surface area (Å²) in [5.41, 5.74) is 7.42. The molecule has 0 saturated heterocycles. The molecule has 0 aliphatic carbocycles. The summed E-state index contributed by atoms with van der Waals surface area (Å²) in [6.45, 7) is 0. The van der Waals surface area contributed by atoms with E-state index in [0.717, 1.165) is 0 Å². The van der Waals surface area contributed by atoms with E-state index in [-0.39, 0.29) is 5.91 Å². The predicted molar refractivity (Wildman–Crippen MR) is 79.5 cm³/mol. The Morgan fingerprint density at radius 1 is 1.26 bits per heavy atom. The van der Waals surface area contributed by atoms with Crippen molar-refractivity contribution in [3.05, 3.63) is 52.5 Å². The Kier molecular flexibility index (Phi) is 4.06. The van der Waals surface area contributed by atoms with Crippen molar-refractivity contribution in [3.63, 3.8) is 0 Å². The van der Waals surface area contributed by atoms with Gasteiger partial charge in [0.05, 0.1) is 12.8 Å². The van der Waals surface area contributed by atoms with Crippen LogP contribution in [0.2, 0.25) is 0 Å². The number of anilines is 2. The number of benzene rings is 2. The molecule has 0 radical (unpaired) electrons. The van der Waals surface area contributed by atoms with Crippen LogP contribution in [0.25, 0.3) is 0 Å². The topological polar surface area (TPSA) is 64.3 Å². The Morgan fingerprint density at radius 2 is 1.95 bits per heavy atom. The monoisotopic (exact) mass is 320 g/mol. The van der Waals surface area contributed by atoms with Gasteiger partial charge in [-0.3, -0.25) is 4.79 Å². The van der Waals surface area contributed by atoms with Crippen LogP contribution in [0.4, 0.5) is 11.4 Å². The Morgan fingerprint density at radius 3 is 2.58 bits per heavy atom. The second-order valence-corrected chi connectivity index (χ2v) is 4.75. The number of nitrogens with one attached hydrogen (secondary N) is 1. The van der Waals surface area contributed by atoms with Crippen molar-refractivity contribution in [2.24, 2.45) is 0 Å². The Balaban J connectivity index is 2.31. The minimum absolute atomic E-state index is 0.204. The van der Waals surface area contributed by atoms with Crippen LogP contribution in [0, 0.1) is 0 Å². The molecule has 98 valence electrons. The third kappa shape index (κ3) is 3.06. The smallest absolute Gasteiger partial charge is 0.255 e. The number of nitrogen functional groups attached to an aromatic ring is 1. The van der Waals surface area contributed by atoms with E-state index in [1.165, 1.54) is 7.11 Å². The minimum atomic E-state index is -0.204. The average molecular weight is 321 g/mol. The van der Waals surface area contributed by atoms with Crippen LogP contribution in [-0.4, -0.2) is 13.0 Å². The number of hydrogen-bond donors (Lipinski definition) is 2. The summed E-state index contributed by atoms with van der Waals surface area (Å²) >= 11 is 3.37. The molecule has 0 aromatic heterocycles. The molecule has 0 heterocycles. The van der Waals surface area contributed by atoms with E-state index in [9.17, 15) is 4.79 Å². The van der Waals surface area contributed by atoms with E-state index in [4.69, 9.17) is 10.5 Å². The highest BCUT2D eigenvalue weighted by atomic mass is 79.9. The van der Waals surface area contributed by atoms with Gasteiger partial charge >= 0.3 is 0 Å². The lowest BCUT2D eigenvalue weighted by molar-refractivity contribution is 0.102. The van der Waals surface area contributed by atoms with Crippen LogP contribution in [0.5, 0.6) is 5.75 Å². The van der Waals surface area contributed by atoms with Gasteiger partial charge in [-0.15, -0.1) is 0 Å². The van der Waals surface area contributed by atoms with Crippen LogP contribution < -0.4 is 15.8 Å². The molecule has 1 amide bonds. The highest BCUT2D eigenvalue weighted by molar-refractivity contribution is 9.10. The number of hydrogen-bond acceptors (Lipinski definition) is 3. The Labute approximate surface area is 119 Å².